The van der Waals surface area contributed by atoms with Crippen molar-refractivity contribution in [2.75, 3.05) is 0 Å². The second-order valence-electron chi connectivity index (χ2n) is 2.90. The van der Waals surface area contributed by atoms with Crippen LogP contribution in [0.1, 0.15) is 19.2 Å². The summed E-state index contributed by atoms with van der Waals surface area (Å²) in [6, 6.07) is 0. The highest BCUT2D eigenvalue weighted by molar-refractivity contribution is 7.71. The van der Waals surface area contributed by atoms with Crippen LogP contribution in [0.3, 0.4) is 0 Å². The van der Waals surface area contributed by atoms with Crippen molar-refractivity contribution in [3.8, 4) is 0 Å². The average molecular weight is 225 g/mol. The van der Waals surface area contributed by atoms with Gasteiger partial charge in [-0.3, -0.25) is 9.67 Å². The maximum atomic E-state index is 12.1. The van der Waals surface area contributed by atoms with E-state index < -0.39 is 12.7 Å². The van der Waals surface area contributed by atoms with Crippen LogP contribution < -0.4 is 0 Å². The molecule has 0 radical (unpaired) electrons. The SMILES string of the molecule is CCCc1n[nH]c(=S)n1CC(F)(F)F. The minimum Gasteiger partial charge on any atom is -0.295 e. The summed E-state index contributed by atoms with van der Waals surface area (Å²) >= 11 is 4.70. The molecule has 7 heteroatoms. The molecule has 0 saturated carbocycles. The first-order chi connectivity index (χ1) is 6.44. The maximum absolute atomic E-state index is 12.1. The Bertz CT molecular complexity index is 352. The number of H-pyrrole nitrogens is 1. The Morgan fingerprint density at radius 3 is 2.64 bits per heavy atom. The minimum atomic E-state index is -4.26. The lowest BCUT2D eigenvalue weighted by atomic mass is 10.3. The smallest absolute Gasteiger partial charge is 0.295 e. The van der Waals surface area contributed by atoms with Gasteiger partial charge in [0.25, 0.3) is 0 Å². The third-order valence-corrected chi connectivity index (χ3v) is 1.96. The Balaban J connectivity index is 2.94. The zero-order chi connectivity index (χ0) is 10.8. The number of halogens is 3. The molecule has 0 aromatic carbocycles. The van der Waals surface area contributed by atoms with Crippen LogP contribution in [0.5, 0.6) is 0 Å². The zero-order valence-electron chi connectivity index (χ0n) is 7.56. The molecule has 0 bridgehead atoms. The fraction of sp³-hybridized carbons (Fsp3) is 0.714. The monoisotopic (exact) mass is 225 g/mol. The van der Waals surface area contributed by atoms with Crippen LogP contribution in [0.2, 0.25) is 0 Å². The molecule has 0 unspecified atom stereocenters. The van der Waals surface area contributed by atoms with E-state index in [2.05, 4.69) is 10.2 Å². The van der Waals surface area contributed by atoms with E-state index in [1.165, 1.54) is 0 Å². The van der Waals surface area contributed by atoms with Crippen molar-refractivity contribution in [1.82, 2.24) is 14.8 Å². The third kappa shape index (κ3) is 2.83. The van der Waals surface area contributed by atoms with Crippen LogP contribution >= 0.6 is 12.2 Å². The van der Waals surface area contributed by atoms with Gasteiger partial charge in [0.05, 0.1) is 0 Å². The molecule has 1 rings (SSSR count). The van der Waals surface area contributed by atoms with Crippen LogP contribution in [0.15, 0.2) is 0 Å². The van der Waals surface area contributed by atoms with Crippen molar-refractivity contribution < 1.29 is 13.2 Å². The van der Waals surface area contributed by atoms with Crippen LogP contribution in [0.25, 0.3) is 0 Å². The largest absolute Gasteiger partial charge is 0.406 e. The van der Waals surface area contributed by atoms with E-state index in [0.717, 1.165) is 11.0 Å². The lowest BCUT2D eigenvalue weighted by Crippen LogP contribution is -2.19. The Morgan fingerprint density at radius 2 is 2.14 bits per heavy atom. The summed E-state index contributed by atoms with van der Waals surface area (Å²) in [4.78, 5) is 0. The van der Waals surface area contributed by atoms with Gasteiger partial charge in [0.1, 0.15) is 12.4 Å². The predicted molar refractivity (Wildman–Crippen MR) is 47.5 cm³/mol. The summed E-state index contributed by atoms with van der Waals surface area (Å²) in [7, 11) is 0. The van der Waals surface area contributed by atoms with Crippen molar-refractivity contribution in [2.24, 2.45) is 0 Å². The van der Waals surface area contributed by atoms with Crippen molar-refractivity contribution in [2.45, 2.75) is 32.5 Å². The molecule has 0 spiro atoms. The highest BCUT2D eigenvalue weighted by Crippen LogP contribution is 2.18. The van der Waals surface area contributed by atoms with Crippen LogP contribution in [-0.4, -0.2) is 20.9 Å². The minimum absolute atomic E-state index is 0.0192. The highest BCUT2D eigenvalue weighted by Gasteiger charge is 2.29. The molecule has 3 nitrogen and oxygen atoms in total. The third-order valence-electron chi connectivity index (χ3n) is 1.65. The van der Waals surface area contributed by atoms with Gasteiger partial charge in [-0.25, -0.2) is 0 Å². The Morgan fingerprint density at radius 1 is 1.50 bits per heavy atom. The van der Waals surface area contributed by atoms with E-state index in [4.69, 9.17) is 12.2 Å². The molecule has 0 aliphatic carbocycles. The standard InChI is InChI=1S/C7H10F3N3S/c1-2-3-5-11-12-6(14)13(5)4-7(8,9)10/h2-4H2,1H3,(H,12,14). The average Bonchev–Trinajstić information content (AvgIpc) is 2.34. The van der Waals surface area contributed by atoms with Gasteiger partial charge in [-0.1, -0.05) is 6.92 Å². The van der Waals surface area contributed by atoms with Gasteiger partial charge >= 0.3 is 6.18 Å². The van der Waals surface area contributed by atoms with Crippen molar-refractivity contribution in [3.63, 3.8) is 0 Å². The highest BCUT2D eigenvalue weighted by atomic mass is 32.1. The first-order valence-corrected chi connectivity index (χ1v) is 4.55. The molecule has 1 aromatic heterocycles. The van der Waals surface area contributed by atoms with E-state index in [-0.39, 0.29) is 4.77 Å². The molecule has 1 N–H and O–H groups in total. The van der Waals surface area contributed by atoms with E-state index >= 15 is 0 Å². The fourth-order valence-corrected chi connectivity index (χ4v) is 1.32. The fourth-order valence-electron chi connectivity index (χ4n) is 1.11. The first-order valence-electron chi connectivity index (χ1n) is 4.15. The Hall–Kier alpha value is -0.850. The Labute approximate surface area is 83.9 Å². The first kappa shape index (κ1) is 11.2. The van der Waals surface area contributed by atoms with Gasteiger partial charge in [-0.2, -0.15) is 18.3 Å². The van der Waals surface area contributed by atoms with Crippen LogP contribution in [0.4, 0.5) is 13.2 Å². The van der Waals surface area contributed by atoms with Crippen molar-refractivity contribution in [1.29, 1.82) is 0 Å². The van der Waals surface area contributed by atoms with Crippen molar-refractivity contribution >= 4 is 12.2 Å². The molecule has 0 aliphatic heterocycles. The molecule has 0 fully saturated rings. The molecule has 14 heavy (non-hydrogen) atoms. The Kier molecular flexibility index (Phi) is 3.30. The van der Waals surface area contributed by atoms with Gasteiger partial charge in [0, 0.05) is 6.42 Å². The summed E-state index contributed by atoms with van der Waals surface area (Å²) < 4.78 is 37.3. The molecule has 0 saturated heterocycles. The molecule has 80 valence electrons. The lowest BCUT2D eigenvalue weighted by molar-refractivity contribution is -0.141. The second-order valence-corrected chi connectivity index (χ2v) is 3.28. The number of alkyl halides is 3. The molecular weight excluding hydrogens is 215 g/mol. The van der Waals surface area contributed by atoms with Gasteiger partial charge < -0.3 is 0 Å². The quantitative estimate of drug-likeness (QED) is 0.802. The second kappa shape index (κ2) is 4.12. The molecule has 0 aliphatic rings. The summed E-state index contributed by atoms with van der Waals surface area (Å²) in [5, 5.41) is 6.10. The van der Waals surface area contributed by atoms with E-state index in [1.807, 2.05) is 6.92 Å². The van der Waals surface area contributed by atoms with Crippen LogP contribution in [0, 0.1) is 4.77 Å². The number of aromatic nitrogens is 3. The maximum Gasteiger partial charge on any atom is 0.406 e. The van der Waals surface area contributed by atoms with E-state index in [9.17, 15) is 13.2 Å². The predicted octanol–water partition coefficient (Wildman–Crippen LogP) is 2.46. The zero-order valence-corrected chi connectivity index (χ0v) is 8.37. The lowest BCUT2D eigenvalue weighted by Gasteiger charge is -2.08. The summed E-state index contributed by atoms with van der Waals surface area (Å²) in [6.07, 6.45) is -3.04. The van der Waals surface area contributed by atoms with Gasteiger partial charge in [0.2, 0.25) is 0 Å². The van der Waals surface area contributed by atoms with Crippen molar-refractivity contribution in [3.05, 3.63) is 10.6 Å². The number of hydrogen-bond acceptors (Lipinski definition) is 2. The topological polar surface area (TPSA) is 33.6 Å². The van der Waals surface area contributed by atoms with Gasteiger partial charge in [-0.05, 0) is 18.6 Å². The summed E-state index contributed by atoms with van der Waals surface area (Å²) in [5.74, 6) is 0.356. The van der Waals surface area contributed by atoms with E-state index in [1.54, 1.807) is 0 Å². The van der Waals surface area contributed by atoms with Crippen LogP contribution in [-0.2, 0) is 13.0 Å². The number of aromatic amines is 1. The molecule has 1 heterocycles. The molecule has 1 aromatic rings. The molecule has 0 amide bonds. The molecule has 0 atom stereocenters. The van der Waals surface area contributed by atoms with E-state index in [0.29, 0.717) is 12.2 Å². The summed E-state index contributed by atoms with van der Waals surface area (Å²) in [6.45, 7) is 0.799. The number of nitrogens with zero attached hydrogens (tertiary/aromatic N) is 2. The molecular formula is C7H10F3N3S. The normalized spacial score (nSPS) is 12.0. The number of hydrogen-bond donors (Lipinski definition) is 1. The van der Waals surface area contributed by atoms with Gasteiger partial charge in [0.15, 0.2) is 4.77 Å². The number of aryl methyl sites for hydroxylation is 1. The number of rotatable bonds is 3. The van der Waals surface area contributed by atoms with Gasteiger partial charge in [-0.15, -0.1) is 0 Å². The summed E-state index contributed by atoms with van der Waals surface area (Å²) in [5.41, 5.74) is 0. The number of nitrogens with one attached hydrogen (secondary N) is 1.